The lowest BCUT2D eigenvalue weighted by Crippen LogP contribution is -2.42. The number of hydrogen-bond acceptors (Lipinski definition) is 4. The molecule has 12 heteroatoms. The number of nitrogens with zero attached hydrogens (tertiary/aromatic N) is 1. The summed E-state index contributed by atoms with van der Waals surface area (Å²) in [6, 6.07) is 6.34. The van der Waals surface area contributed by atoms with Gasteiger partial charge in [-0.25, -0.2) is 14.5 Å². The fourth-order valence-electron chi connectivity index (χ4n) is 2.63. The first-order valence-electron chi connectivity index (χ1n) is 7.43. The van der Waals surface area contributed by atoms with Gasteiger partial charge < -0.3 is 0 Å². The lowest BCUT2D eigenvalue weighted by atomic mass is 9.91. The smallest absolute Gasteiger partial charge is 0.265 e. The second-order valence-electron chi connectivity index (χ2n) is 5.72. The molecule has 0 aliphatic carbocycles. The Morgan fingerprint density at radius 1 is 1.14 bits per heavy atom. The minimum atomic E-state index is -4.92. The molecule has 0 saturated heterocycles. The van der Waals surface area contributed by atoms with Crippen LogP contribution in [0.1, 0.15) is 11.1 Å². The van der Waals surface area contributed by atoms with Crippen LogP contribution in [-0.2, 0) is 10.4 Å². The Morgan fingerprint density at radius 3 is 2.36 bits per heavy atom. The van der Waals surface area contributed by atoms with Crippen LogP contribution in [0.4, 0.5) is 23.2 Å². The molecule has 1 aliphatic rings. The number of hydroxylamine groups is 1. The van der Waals surface area contributed by atoms with Gasteiger partial charge in [0.1, 0.15) is 5.69 Å². The molecule has 0 radical (unpaired) electrons. The molecule has 1 atom stereocenters. The van der Waals surface area contributed by atoms with Gasteiger partial charge in [0, 0.05) is 21.2 Å². The molecule has 1 heterocycles. The minimum Gasteiger partial charge on any atom is -0.265 e. The molecule has 0 spiro atoms. The minimum absolute atomic E-state index is 0.0185. The van der Waals surface area contributed by atoms with Crippen molar-refractivity contribution in [2.45, 2.75) is 11.8 Å². The van der Waals surface area contributed by atoms with E-state index < -0.39 is 28.3 Å². The highest BCUT2D eigenvalue weighted by Crippen LogP contribution is 2.48. The summed E-state index contributed by atoms with van der Waals surface area (Å²) in [4.78, 5) is 15.4. The van der Waals surface area contributed by atoms with Crippen molar-refractivity contribution in [3.8, 4) is 0 Å². The molecule has 2 aromatic carbocycles. The van der Waals surface area contributed by atoms with Crippen LogP contribution in [0.25, 0.3) is 5.70 Å². The van der Waals surface area contributed by atoms with Crippen molar-refractivity contribution in [1.82, 2.24) is 5.48 Å². The fourth-order valence-corrected chi connectivity index (χ4v) is 3.16. The maximum absolute atomic E-state index is 13.9. The third-order valence-corrected chi connectivity index (χ3v) is 4.31. The van der Waals surface area contributed by atoms with E-state index in [1.807, 2.05) is 0 Å². The first-order chi connectivity index (χ1) is 13.0. The topological polar surface area (TPSA) is 76.4 Å². The molecule has 0 bridgehead atoms. The lowest BCUT2D eigenvalue weighted by molar-refractivity contribution is -0.445. The molecule has 28 heavy (non-hydrogen) atoms. The number of nitrogens with one attached hydrogen (secondary N) is 2. The number of hydrogen-bond donors (Lipinski definition) is 2. The number of benzene rings is 2. The zero-order chi connectivity index (χ0) is 20.7. The van der Waals surface area contributed by atoms with Crippen molar-refractivity contribution in [2.24, 2.45) is 0 Å². The maximum Gasteiger partial charge on any atom is 0.428 e. The summed E-state index contributed by atoms with van der Waals surface area (Å²) in [5, 5.41) is 9.48. The van der Waals surface area contributed by atoms with Crippen molar-refractivity contribution < 1.29 is 27.4 Å². The van der Waals surface area contributed by atoms with Gasteiger partial charge in [0.05, 0.1) is 5.70 Å². The number of anilines is 1. The molecule has 1 unspecified atom stereocenters. The first kappa shape index (κ1) is 20.2. The predicted molar refractivity (Wildman–Crippen MR) is 93.4 cm³/mol. The summed E-state index contributed by atoms with van der Waals surface area (Å²) in [5.41, 5.74) is -0.230. The molecule has 6 nitrogen and oxygen atoms in total. The third-order valence-electron chi connectivity index (χ3n) is 3.87. The van der Waals surface area contributed by atoms with Crippen molar-refractivity contribution >= 4 is 34.6 Å². The van der Waals surface area contributed by atoms with Crippen molar-refractivity contribution in [1.29, 1.82) is 0 Å². The molecule has 1 aliphatic heterocycles. The molecule has 0 saturated carbocycles. The van der Waals surface area contributed by atoms with E-state index in [1.165, 1.54) is 6.07 Å². The molecule has 0 amide bonds. The Morgan fingerprint density at radius 2 is 1.79 bits per heavy atom. The first-order valence-corrected chi connectivity index (χ1v) is 8.18. The zero-order valence-corrected chi connectivity index (χ0v) is 15.0. The average Bonchev–Trinajstić information content (AvgIpc) is 3.02. The Labute approximate surface area is 164 Å². The third kappa shape index (κ3) is 3.71. The molecule has 2 aromatic rings. The van der Waals surface area contributed by atoms with E-state index in [0.717, 1.165) is 36.4 Å². The Hall–Kier alpha value is -2.56. The Bertz CT molecular complexity index is 964. The zero-order valence-electron chi connectivity index (χ0n) is 13.5. The molecule has 3 rings (SSSR count). The fraction of sp³-hybridized carbons (Fsp3) is 0.125. The van der Waals surface area contributed by atoms with Crippen molar-refractivity contribution in [2.75, 3.05) is 5.43 Å². The van der Waals surface area contributed by atoms with Crippen LogP contribution in [0.2, 0.25) is 10.0 Å². The Balaban J connectivity index is 2.11. The summed E-state index contributed by atoms with van der Waals surface area (Å²) >= 11 is 11.6. The second-order valence-corrected chi connectivity index (χ2v) is 6.59. The van der Waals surface area contributed by atoms with E-state index in [2.05, 4.69) is 5.48 Å². The van der Waals surface area contributed by atoms with Crippen LogP contribution in [0.3, 0.4) is 0 Å². The highest BCUT2D eigenvalue weighted by molar-refractivity contribution is 6.34. The van der Waals surface area contributed by atoms with Crippen molar-refractivity contribution in [3.63, 3.8) is 0 Å². The average molecular weight is 438 g/mol. The van der Waals surface area contributed by atoms with E-state index in [-0.39, 0.29) is 26.9 Å². The van der Waals surface area contributed by atoms with E-state index in [4.69, 9.17) is 28.0 Å². The van der Waals surface area contributed by atoms with E-state index in [1.54, 1.807) is 5.43 Å². The summed E-state index contributed by atoms with van der Waals surface area (Å²) in [7, 11) is 0. The largest absolute Gasteiger partial charge is 0.428 e. The number of alkyl halides is 3. The van der Waals surface area contributed by atoms with Gasteiger partial charge in [0.25, 0.3) is 0 Å². The maximum atomic E-state index is 13.9. The van der Waals surface area contributed by atoms with E-state index >= 15 is 0 Å². The lowest BCUT2D eigenvalue weighted by Gasteiger charge is -2.28. The monoisotopic (exact) mass is 437 g/mol. The summed E-state index contributed by atoms with van der Waals surface area (Å²) in [5.74, 6) is -0.955. The summed E-state index contributed by atoms with van der Waals surface area (Å²) < 4.78 is 55.4. The number of hydrazine groups is 1. The van der Waals surface area contributed by atoms with Gasteiger partial charge in [-0.3, -0.25) is 10.3 Å². The highest BCUT2D eigenvalue weighted by atomic mass is 35.5. The molecular formula is C16H9Cl2F4N3O3. The van der Waals surface area contributed by atoms with Crippen LogP contribution < -0.4 is 10.9 Å². The molecular weight excluding hydrogens is 429 g/mol. The van der Waals surface area contributed by atoms with Gasteiger partial charge in [-0.15, -0.1) is 5.43 Å². The van der Waals surface area contributed by atoms with Crippen LogP contribution in [0.15, 0.2) is 42.5 Å². The van der Waals surface area contributed by atoms with Gasteiger partial charge in [-0.1, -0.05) is 23.2 Å². The van der Waals surface area contributed by atoms with Crippen LogP contribution in [-0.4, -0.2) is 11.2 Å². The molecule has 2 N–H and O–H groups in total. The Kier molecular flexibility index (Phi) is 5.13. The van der Waals surface area contributed by atoms with Crippen molar-refractivity contribution in [3.05, 3.63) is 79.6 Å². The van der Waals surface area contributed by atoms with Crippen LogP contribution in [0, 0.1) is 15.9 Å². The number of rotatable bonds is 4. The molecule has 148 valence electrons. The second kappa shape index (κ2) is 7.12. The standard InChI is InChI=1S/C16H9Cl2F4N3O3/c17-10-4-9(5-11(18)6-10)15(16(20,21)22)7-14(24-28-15)8-1-2-12(19)13(3-8)23-25(26)27/h1-7,23-24H. The van der Waals surface area contributed by atoms with Gasteiger partial charge in [0.2, 0.25) is 5.60 Å². The van der Waals surface area contributed by atoms with Gasteiger partial charge in [-0.05, 0) is 42.5 Å². The van der Waals surface area contributed by atoms with Gasteiger partial charge in [-0.2, -0.15) is 13.2 Å². The number of halogens is 6. The molecule has 0 aromatic heterocycles. The summed E-state index contributed by atoms with van der Waals surface area (Å²) in [6.45, 7) is 0. The predicted octanol–water partition coefficient (Wildman–Crippen LogP) is 5.07. The highest BCUT2D eigenvalue weighted by Gasteiger charge is 2.59. The SMILES string of the molecule is O=[N+]([O-])Nc1cc(C2=CC(c3cc(Cl)cc(Cl)c3)(C(F)(F)F)ON2)ccc1F. The molecule has 0 fully saturated rings. The van der Waals surface area contributed by atoms with Gasteiger partial charge in [0.15, 0.2) is 10.8 Å². The van der Waals surface area contributed by atoms with Crippen LogP contribution >= 0.6 is 23.2 Å². The quantitative estimate of drug-likeness (QED) is 0.396. The normalized spacial score (nSPS) is 19.1. The van der Waals surface area contributed by atoms with E-state index in [9.17, 15) is 27.7 Å². The van der Waals surface area contributed by atoms with E-state index in [0.29, 0.717) is 0 Å². The van der Waals surface area contributed by atoms with Gasteiger partial charge >= 0.3 is 6.18 Å². The van der Waals surface area contributed by atoms with Crippen LogP contribution in [0.5, 0.6) is 0 Å². The number of nitro groups is 1. The summed E-state index contributed by atoms with van der Waals surface area (Å²) in [6.07, 6.45) is -4.20.